The van der Waals surface area contributed by atoms with Gasteiger partial charge in [-0.15, -0.1) is 0 Å². The molecule has 1 atom stereocenters. The van der Waals surface area contributed by atoms with Crippen molar-refractivity contribution < 1.29 is 13.2 Å². The monoisotopic (exact) mass is 474 g/mol. The van der Waals surface area contributed by atoms with E-state index in [0.717, 1.165) is 48.9 Å². The van der Waals surface area contributed by atoms with E-state index in [1.807, 2.05) is 42.5 Å². The quantitative estimate of drug-likeness (QED) is 0.549. The molecule has 6 heteroatoms. The smallest absolute Gasteiger partial charge is 0.264 e. The lowest BCUT2D eigenvalue weighted by atomic mass is 9.87. The van der Waals surface area contributed by atoms with Gasteiger partial charge in [0.05, 0.1) is 16.6 Å². The molecule has 0 saturated heterocycles. The summed E-state index contributed by atoms with van der Waals surface area (Å²) in [6, 6.07) is 23.1. The van der Waals surface area contributed by atoms with Crippen LogP contribution in [-0.4, -0.2) is 20.9 Å². The van der Waals surface area contributed by atoms with Gasteiger partial charge in [0, 0.05) is 13.0 Å². The van der Waals surface area contributed by atoms with Gasteiger partial charge in [0.2, 0.25) is 5.91 Å². The van der Waals surface area contributed by atoms with Gasteiger partial charge in [0.1, 0.15) is 0 Å². The molecule has 3 aromatic carbocycles. The number of carbonyl (C=O) groups is 1. The van der Waals surface area contributed by atoms with Gasteiger partial charge in [-0.3, -0.25) is 9.10 Å². The number of nitrogens with one attached hydrogen (secondary N) is 1. The molecule has 0 aromatic heterocycles. The second kappa shape index (κ2) is 9.63. The van der Waals surface area contributed by atoms with Crippen molar-refractivity contribution in [3.8, 4) is 0 Å². The number of carbonyl (C=O) groups excluding carboxylic acids is 1. The summed E-state index contributed by atoms with van der Waals surface area (Å²) in [6.45, 7) is 0.492. The summed E-state index contributed by atoms with van der Waals surface area (Å²) in [5.74, 6) is 0.0309. The molecule has 176 valence electrons. The van der Waals surface area contributed by atoms with Crippen molar-refractivity contribution in [1.82, 2.24) is 5.32 Å². The maximum atomic E-state index is 13.3. The van der Waals surface area contributed by atoms with Crippen molar-refractivity contribution in [2.75, 3.05) is 10.8 Å². The molecule has 1 aliphatic heterocycles. The zero-order valence-electron chi connectivity index (χ0n) is 19.2. The third-order valence-corrected chi connectivity index (χ3v) is 8.75. The molecule has 2 aliphatic rings. The maximum absolute atomic E-state index is 13.3. The molecular weight excluding hydrogens is 444 g/mol. The molecule has 1 N–H and O–H groups in total. The van der Waals surface area contributed by atoms with Gasteiger partial charge < -0.3 is 5.32 Å². The number of nitrogens with zero attached hydrogens (tertiary/aromatic N) is 1. The third kappa shape index (κ3) is 4.60. The van der Waals surface area contributed by atoms with Gasteiger partial charge >= 0.3 is 0 Å². The summed E-state index contributed by atoms with van der Waals surface area (Å²) in [7, 11) is -3.62. The Kier molecular flexibility index (Phi) is 6.42. The van der Waals surface area contributed by atoms with Crippen LogP contribution in [0.5, 0.6) is 0 Å². The fourth-order valence-corrected chi connectivity index (χ4v) is 6.67. The molecule has 1 aliphatic carbocycles. The summed E-state index contributed by atoms with van der Waals surface area (Å²) in [5.41, 5.74) is 5.36. The molecular formula is C28H30N2O3S. The fraction of sp³-hybridized carbons (Fsp3) is 0.321. The molecule has 5 rings (SSSR count). The Morgan fingerprint density at radius 3 is 2.41 bits per heavy atom. The predicted octanol–water partition coefficient (Wildman–Crippen LogP) is 4.95. The summed E-state index contributed by atoms with van der Waals surface area (Å²) < 4.78 is 28.1. The Morgan fingerprint density at radius 1 is 0.882 bits per heavy atom. The number of aryl methyl sites for hydroxylation is 3. The lowest BCUT2D eigenvalue weighted by Crippen LogP contribution is -2.35. The fourth-order valence-electron chi connectivity index (χ4n) is 5.13. The lowest BCUT2D eigenvalue weighted by molar-refractivity contribution is -0.121. The Hall–Kier alpha value is -3.12. The van der Waals surface area contributed by atoms with Crippen LogP contribution in [0, 0.1) is 0 Å². The number of anilines is 1. The van der Waals surface area contributed by atoms with Crippen LogP contribution < -0.4 is 9.62 Å². The molecule has 1 amide bonds. The van der Waals surface area contributed by atoms with Crippen molar-refractivity contribution in [1.29, 1.82) is 0 Å². The molecule has 3 aromatic rings. The van der Waals surface area contributed by atoms with Gasteiger partial charge in [0.25, 0.3) is 10.0 Å². The molecule has 0 radical (unpaired) electrons. The van der Waals surface area contributed by atoms with Gasteiger partial charge in [-0.2, -0.15) is 0 Å². The average molecular weight is 475 g/mol. The standard InChI is InChI=1S/C28H30N2O3S/c31-28(29-26-12-5-9-22-7-1-3-11-25(22)26)19-16-21-14-17-24(18-15-21)34(32,33)30-20-6-10-23-8-2-4-13-27(23)30/h1-4,7-8,11,13-15,17-18,26H,5-6,9-10,12,16,19-20H2,(H,29,31)/t26-/m0/s1. The van der Waals surface area contributed by atoms with Gasteiger partial charge in [-0.25, -0.2) is 8.42 Å². The predicted molar refractivity (Wildman–Crippen MR) is 134 cm³/mol. The topological polar surface area (TPSA) is 66.5 Å². The number of para-hydroxylation sites is 1. The summed E-state index contributed by atoms with van der Waals surface area (Å²) in [5, 5.41) is 3.19. The number of amides is 1. The van der Waals surface area contributed by atoms with E-state index in [2.05, 4.69) is 23.5 Å². The van der Waals surface area contributed by atoms with Crippen LogP contribution in [0.2, 0.25) is 0 Å². The summed E-state index contributed by atoms with van der Waals surface area (Å²) in [4.78, 5) is 12.9. The number of fused-ring (bicyclic) bond motifs is 2. The minimum absolute atomic E-state index is 0.0309. The maximum Gasteiger partial charge on any atom is 0.264 e. The number of hydrogen-bond acceptors (Lipinski definition) is 3. The van der Waals surface area contributed by atoms with E-state index in [1.165, 1.54) is 15.4 Å². The molecule has 0 fully saturated rings. The van der Waals surface area contributed by atoms with Crippen molar-refractivity contribution >= 4 is 21.6 Å². The SMILES string of the molecule is O=C(CCc1ccc(S(=O)(=O)N2CCCc3ccccc32)cc1)N[C@H]1CCCc2ccccc21. The van der Waals surface area contributed by atoms with Crippen LogP contribution in [0.3, 0.4) is 0 Å². The van der Waals surface area contributed by atoms with Crippen LogP contribution in [0.25, 0.3) is 0 Å². The van der Waals surface area contributed by atoms with Gasteiger partial charge in [0.15, 0.2) is 0 Å². The number of hydrogen-bond donors (Lipinski definition) is 1. The Labute approximate surface area is 201 Å². The molecule has 0 unspecified atom stereocenters. The summed E-state index contributed by atoms with van der Waals surface area (Å²) in [6.07, 6.45) is 5.79. The average Bonchev–Trinajstić information content (AvgIpc) is 2.87. The highest BCUT2D eigenvalue weighted by Crippen LogP contribution is 2.32. The largest absolute Gasteiger partial charge is 0.349 e. The zero-order chi connectivity index (χ0) is 23.5. The molecule has 1 heterocycles. The van der Waals surface area contributed by atoms with Crippen LogP contribution in [0.1, 0.15) is 54.0 Å². The van der Waals surface area contributed by atoms with Crippen molar-refractivity contribution in [3.63, 3.8) is 0 Å². The normalized spacial score (nSPS) is 17.5. The number of benzene rings is 3. The van der Waals surface area contributed by atoms with E-state index in [1.54, 1.807) is 12.1 Å². The Balaban J connectivity index is 1.22. The van der Waals surface area contributed by atoms with Crippen molar-refractivity contribution in [3.05, 3.63) is 95.1 Å². The highest BCUT2D eigenvalue weighted by molar-refractivity contribution is 7.92. The van der Waals surface area contributed by atoms with Crippen molar-refractivity contribution in [2.45, 2.75) is 55.9 Å². The van der Waals surface area contributed by atoms with E-state index in [9.17, 15) is 13.2 Å². The molecule has 34 heavy (non-hydrogen) atoms. The molecule has 5 nitrogen and oxygen atoms in total. The number of rotatable bonds is 6. The molecule has 0 bridgehead atoms. The Bertz CT molecular complexity index is 1290. The Morgan fingerprint density at radius 2 is 1.59 bits per heavy atom. The van der Waals surface area contributed by atoms with Gasteiger partial charge in [-0.1, -0.05) is 54.6 Å². The van der Waals surface area contributed by atoms with E-state index in [0.29, 0.717) is 19.4 Å². The third-order valence-electron chi connectivity index (χ3n) is 6.92. The first-order valence-corrected chi connectivity index (χ1v) is 13.5. The van der Waals surface area contributed by atoms with Crippen LogP contribution in [0.15, 0.2) is 77.7 Å². The van der Waals surface area contributed by atoms with E-state index >= 15 is 0 Å². The second-order valence-corrected chi connectivity index (χ2v) is 11.0. The van der Waals surface area contributed by atoms with E-state index in [4.69, 9.17) is 0 Å². The highest BCUT2D eigenvalue weighted by Gasteiger charge is 2.28. The van der Waals surface area contributed by atoms with E-state index < -0.39 is 10.0 Å². The second-order valence-electron chi connectivity index (χ2n) is 9.16. The van der Waals surface area contributed by atoms with E-state index in [-0.39, 0.29) is 16.8 Å². The zero-order valence-corrected chi connectivity index (χ0v) is 20.1. The first-order valence-electron chi connectivity index (χ1n) is 12.1. The first-order chi connectivity index (χ1) is 16.5. The van der Waals surface area contributed by atoms with Crippen LogP contribution >= 0.6 is 0 Å². The van der Waals surface area contributed by atoms with Crippen molar-refractivity contribution in [2.24, 2.45) is 0 Å². The van der Waals surface area contributed by atoms with Gasteiger partial charge in [-0.05, 0) is 79.0 Å². The molecule has 0 saturated carbocycles. The minimum atomic E-state index is -3.62. The first kappa shape index (κ1) is 22.7. The summed E-state index contributed by atoms with van der Waals surface area (Å²) >= 11 is 0. The highest BCUT2D eigenvalue weighted by atomic mass is 32.2. The van der Waals surface area contributed by atoms with Crippen LogP contribution in [0.4, 0.5) is 5.69 Å². The van der Waals surface area contributed by atoms with Crippen LogP contribution in [-0.2, 0) is 34.1 Å². The minimum Gasteiger partial charge on any atom is -0.349 e. The lowest BCUT2D eigenvalue weighted by Gasteiger charge is -2.30. The molecule has 0 spiro atoms. The number of sulfonamides is 1.